The van der Waals surface area contributed by atoms with Crippen molar-refractivity contribution in [3.05, 3.63) is 29.3 Å². The lowest BCUT2D eigenvalue weighted by Gasteiger charge is -2.09. The van der Waals surface area contributed by atoms with Gasteiger partial charge in [-0.2, -0.15) is 0 Å². The summed E-state index contributed by atoms with van der Waals surface area (Å²) in [6.45, 7) is 2.71. The Balaban J connectivity index is 2.13. The number of rotatable bonds is 8. The molecule has 106 valence electrons. The highest BCUT2D eigenvalue weighted by molar-refractivity contribution is 6.30. The molecule has 0 aliphatic rings. The zero-order chi connectivity index (χ0) is 14.1. The first-order valence-electron chi connectivity index (χ1n) is 6.45. The van der Waals surface area contributed by atoms with E-state index in [-0.39, 0.29) is 18.4 Å². The van der Waals surface area contributed by atoms with Crippen LogP contribution in [0.5, 0.6) is 5.75 Å². The third-order valence-electron chi connectivity index (χ3n) is 2.66. The van der Waals surface area contributed by atoms with Crippen LogP contribution in [0.25, 0.3) is 0 Å². The first kappa shape index (κ1) is 15.8. The number of hydrogen-bond acceptors (Lipinski definition) is 3. The van der Waals surface area contributed by atoms with Crippen molar-refractivity contribution in [2.45, 2.75) is 32.3 Å². The minimum Gasteiger partial charge on any atom is -0.493 e. The smallest absolute Gasteiger partial charge is 0.223 e. The van der Waals surface area contributed by atoms with E-state index in [1.165, 1.54) is 0 Å². The Morgan fingerprint density at radius 2 is 2.32 bits per heavy atom. The van der Waals surface area contributed by atoms with Crippen LogP contribution in [-0.2, 0) is 4.79 Å². The molecule has 2 N–H and O–H groups in total. The number of amides is 1. The van der Waals surface area contributed by atoms with Gasteiger partial charge >= 0.3 is 0 Å². The molecule has 1 atom stereocenters. The van der Waals surface area contributed by atoms with Gasteiger partial charge in [-0.1, -0.05) is 24.6 Å². The average molecular weight is 286 g/mol. The van der Waals surface area contributed by atoms with Crippen molar-refractivity contribution in [1.29, 1.82) is 0 Å². The van der Waals surface area contributed by atoms with E-state index in [0.717, 1.165) is 0 Å². The van der Waals surface area contributed by atoms with Crippen LogP contribution in [0.1, 0.15) is 26.2 Å². The summed E-state index contributed by atoms with van der Waals surface area (Å²) in [6.07, 6.45) is 1.22. The second-order valence-electron chi connectivity index (χ2n) is 4.26. The number of carbonyl (C=O) groups is 1. The Morgan fingerprint density at radius 1 is 1.53 bits per heavy atom. The van der Waals surface area contributed by atoms with Crippen molar-refractivity contribution in [3.8, 4) is 5.75 Å². The van der Waals surface area contributed by atoms with Crippen molar-refractivity contribution in [2.75, 3.05) is 13.2 Å². The third-order valence-corrected chi connectivity index (χ3v) is 2.90. The van der Waals surface area contributed by atoms with Gasteiger partial charge in [-0.25, -0.2) is 0 Å². The van der Waals surface area contributed by atoms with Gasteiger partial charge in [0.15, 0.2) is 0 Å². The molecule has 0 bridgehead atoms. The van der Waals surface area contributed by atoms with E-state index in [0.29, 0.717) is 36.8 Å². The summed E-state index contributed by atoms with van der Waals surface area (Å²) >= 11 is 5.82. The first-order chi connectivity index (χ1) is 9.11. The molecule has 0 aliphatic carbocycles. The van der Waals surface area contributed by atoms with Gasteiger partial charge in [-0.3, -0.25) is 4.79 Å². The fourth-order valence-corrected chi connectivity index (χ4v) is 1.67. The molecular formula is C14H20ClNO3. The quantitative estimate of drug-likeness (QED) is 0.771. The van der Waals surface area contributed by atoms with E-state index in [2.05, 4.69) is 5.32 Å². The van der Waals surface area contributed by atoms with Crippen molar-refractivity contribution in [3.63, 3.8) is 0 Å². The number of ether oxygens (including phenoxy) is 1. The SMILES string of the molecule is CCC(O)CCNC(=O)CCOc1cccc(Cl)c1. The lowest BCUT2D eigenvalue weighted by molar-refractivity contribution is -0.121. The van der Waals surface area contributed by atoms with Crippen LogP contribution in [-0.4, -0.2) is 30.3 Å². The minimum absolute atomic E-state index is 0.0784. The normalized spacial score (nSPS) is 11.9. The van der Waals surface area contributed by atoms with Crippen LogP contribution in [0, 0.1) is 0 Å². The maximum absolute atomic E-state index is 11.5. The Hall–Kier alpha value is -1.26. The van der Waals surface area contributed by atoms with Crippen LogP contribution in [0.3, 0.4) is 0 Å². The van der Waals surface area contributed by atoms with Crippen LogP contribution in [0.2, 0.25) is 5.02 Å². The highest BCUT2D eigenvalue weighted by Crippen LogP contribution is 2.17. The van der Waals surface area contributed by atoms with Gasteiger partial charge in [-0.15, -0.1) is 0 Å². The summed E-state index contributed by atoms with van der Waals surface area (Å²) in [4.78, 5) is 11.5. The number of benzene rings is 1. The van der Waals surface area contributed by atoms with E-state index in [1.54, 1.807) is 24.3 Å². The molecular weight excluding hydrogens is 266 g/mol. The molecule has 1 rings (SSSR count). The predicted molar refractivity (Wildman–Crippen MR) is 75.5 cm³/mol. The van der Waals surface area contributed by atoms with Crippen LogP contribution in [0.15, 0.2) is 24.3 Å². The molecule has 0 aromatic heterocycles. The molecule has 0 aliphatic heterocycles. The number of nitrogens with one attached hydrogen (secondary N) is 1. The Labute approximate surface area is 118 Å². The molecule has 1 aromatic carbocycles. The number of carbonyl (C=O) groups excluding carboxylic acids is 1. The Bertz CT molecular complexity index is 398. The second kappa shape index (κ2) is 8.77. The zero-order valence-corrected chi connectivity index (χ0v) is 11.8. The summed E-state index contributed by atoms with van der Waals surface area (Å²) in [5, 5.41) is 12.7. The topological polar surface area (TPSA) is 58.6 Å². The van der Waals surface area contributed by atoms with Crippen LogP contribution >= 0.6 is 11.6 Å². The molecule has 0 heterocycles. The van der Waals surface area contributed by atoms with E-state index >= 15 is 0 Å². The van der Waals surface area contributed by atoms with Gasteiger partial charge in [0.05, 0.1) is 19.1 Å². The predicted octanol–water partition coefficient (Wildman–Crippen LogP) is 2.39. The standard InChI is InChI=1S/C14H20ClNO3/c1-2-12(17)6-8-16-14(18)7-9-19-13-5-3-4-11(15)10-13/h3-5,10,12,17H,2,6-9H2,1H3,(H,16,18). The molecule has 0 radical (unpaired) electrons. The minimum atomic E-state index is -0.344. The van der Waals surface area contributed by atoms with E-state index in [9.17, 15) is 9.90 Å². The lowest BCUT2D eigenvalue weighted by Crippen LogP contribution is -2.28. The highest BCUT2D eigenvalue weighted by atomic mass is 35.5. The number of aliphatic hydroxyl groups is 1. The van der Waals surface area contributed by atoms with Gasteiger partial charge in [0.25, 0.3) is 0 Å². The Morgan fingerprint density at radius 3 is 3.00 bits per heavy atom. The molecule has 1 unspecified atom stereocenters. The van der Waals surface area contributed by atoms with Crippen molar-refractivity contribution in [2.24, 2.45) is 0 Å². The summed E-state index contributed by atoms with van der Waals surface area (Å²) < 4.78 is 5.41. The summed E-state index contributed by atoms with van der Waals surface area (Å²) in [7, 11) is 0. The number of halogens is 1. The lowest BCUT2D eigenvalue weighted by atomic mass is 10.2. The molecule has 1 amide bonds. The van der Waals surface area contributed by atoms with Gasteiger partial charge in [0.1, 0.15) is 5.75 Å². The van der Waals surface area contributed by atoms with Crippen LogP contribution in [0.4, 0.5) is 0 Å². The first-order valence-corrected chi connectivity index (χ1v) is 6.82. The molecule has 1 aromatic rings. The monoisotopic (exact) mass is 285 g/mol. The largest absolute Gasteiger partial charge is 0.493 e. The molecule has 0 fully saturated rings. The second-order valence-corrected chi connectivity index (χ2v) is 4.69. The van der Waals surface area contributed by atoms with E-state index < -0.39 is 0 Å². The fourth-order valence-electron chi connectivity index (χ4n) is 1.49. The number of aliphatic hydroxyl groups excluding tert-OH is 1. The zero-order valence-electron chi connectivity index (χ0n) is 11.1. The van der Waals surface area contributed by atoms with Gasteiger partial charge < -0.3 is 15.2 Å². The van der Waals surface area contributed by atoms with Crippen molar-refractivity contribution in [1.82, 2.24) is 5.32 Å². The molecule has 0 spiro atoms. The third kappa shape index (κ3) is 7.03. The molecule has 19 heavy (non-hydrogen) atoms. The summed E-state index contributed by atoms with van der Waals surface area (Å²) in [5.41, 5.74) is 0. The summed E-state index contributed by atoms with van der Waals surface area (Å²) in [6, 6.07) is 7.06. The Kier molecular flexibility index (Phi) is 7.30. The number of hydrogen-bond donors (Lipinski definition) is 2. The molecule has 0 saturated heterocycles. The molecule has 5 heteroatoms. The summed E-state index contributed by atoms with van der Waals surface area (Å²) in [5.74, 6) is 0.576. The van der Waals surface area contributed by atoms with E-state index in [4.69, 9.17) is 16.3 Å². The maximum Gasteiger partial charge on any atom is 0.223 e. The molecule has 4 nitrogen and oxygen atoms in total. The maximum atomic E-state index is 11.5. The van der Waals surface area contributed by atoms with Crippen molar-refractivity contribution >= 4 is 17.5 Å². The van der Waals surface area contributed by atoms with Crippen molar-refractivity contribution < 1.29 is 14.6 Å². The van der Waals surface area contributed by atoms with Crippen LogP contribution < -0.4 is 10.1 Å². The molecule has 0 saturated carbocycles. The fraction of sp³-hybridized carbons (Fsp3) is 0.500. The highest BCUT2D eigenvalue weighted by Gasteiger charge is 2.04. The van der Waals surface area contributed by atoms with Gasteiger partial charge in [0.2, 0.25) is 5.91 Å². The van der Waals surface area contributed by atoms with Gasteiger partial charge in [-0.05, 0) is 31.0 Å². The average Bonchev–Trinajstić information content (AvgIpc) is 2.38. The van der Waals surface area contributed by atoms with Gasteiger partial charge in [0, 0.05) is 11.6 Å². The van der Waals surface area contributed by atoms with E-state index in [1.807, 2.05) is 6.92 Å².